The predicted octanol–water partition coefficient (Wildman–Crippen LogP) is 2.15. The van der Waals surface area contributed by atoms with Crippen molar-refractivity contribution in [3.63, 3.8) is 0 Å². The predicted molar refractivity (Wildman–Crippen MR) is 74.4 cm³/mol. The van der Waals surface area contributed by atoms with Crippen molar-refractivity contribution in [1.29, 1.82) is 0 Å². The molecule has 106 valence electrons. The Kier molecular flexibility index (Phi) is 3.94. The maximum atomic E-state index is 9.74. The van der Waals surface area contributed by atoms with E-state index in [2.05, 4.69) is 22.2 Å². The van der Waals surface area contributed by atoms with Gasteiger partial charge >= 0.3 is 0 Å². The van der Waals surface area contributed by atoms with E-state index < -0.39 is 0 Å². The molecule has 5 heteroatoms. The summed E-state index contributed by atoms with van der Waals surface area (Å²) in [5.41, 5.74) is 0.735. The van der Waals surface area contributed by atoms with Gasteiger partial charge in [0.15, 0.2) is 0 Å². The lowest BCUT2D eigenvalue weighted by molar-refractivity contribution is -0.0513. The van der Waals surface area contributed by atoms with Crippen LogP contribution in [0.3, 0.4) is 0 Å². The van der Waals surface area contributed by atoms with Crippen LogP contribution in [0, 0.1) is 12.3 Å². The first-order valence-corrected chi connectivity index (χ1v) is 6.86. The number of ether oxygens (including phenoxy) is 1. The molecule has 0 saturated heterocycles. The number of nitrogens with zero attached hydrogens (tertiary/aromatic N) is 2. The minimum Gasteiger partial charge on any atom is -0.478 e. The van der Waals surface area contributed by atoms with Crippen LogP contribution in [0.2, 0.25) is 0 Å². The van der Waals surface area contributed by atoms with Crippen molar-refractivity contribution in [1.82, 2.24) is 9.97 Å². The minimum absolute atomic E-state index is 0.141. The van der Waals surface area contributed by atoms with Crippen molar-refractivity contribution in [3.05, 3.63) is 11.8 Å². The lowest BCUT2D eigenvalue weighted by atomic mass is 9.65. The molecule has 1 heterocycles. The molecule has 1 aliphatic carbocycles. The van der Waals surface area contributed by atoms with Crippen LogP contribution in [0.15, 0.2) is 6.07 Å². The lowest BCUT2D eigenvalue weighted by Crippen LogP contribution is -2.57. The number of hydrogen-bond acceptors (Lipinski definition) is 5. The highest BCUT2D eigenvalue weighted by Crippen LogP contribution is 2.41. The zero-order valence-corrected chi connectivity index (χ0v) is 12.1. The molecule has 0 spiro atoms. The highest BCUT2D eigenvalue weighted by molar-refractivity contribution is 5.34. The van der Waals surface area contributed by atoms with Crippen LogP contribution in [0.25, 0.3) is 0 Å². The molecule has 19 heavy (non-hydrogen) atoms. The standard InChI is InChI=1S/C14H23N3O2/c1-5-6-19-12-7-9(2)15-13(17-12)16-10-8-11(18)14(10,3)4/h7,10-11,18H,5-6,8H2,1-4H3,(H,15,16,17). The molecule has 2 rings (SSSR count). The molecular formula is C14H23N3O2. The van der Waals surface area contributed by atoms with E-state index in [0.29, 0.717) is 18.4 Å². The first-order chi connectivity index (χ1) is 8.93. The van der Waals surface area contributed by atoms with Gasteiger partial charge in [-0.1, -0.05) is 20.8 Å². The number of aliphatic hydroxyl groups is 1. The third-order valence-corrected chi connectivity index (χ3v) is 3.80. The lowest BCUT2D eigenvalue weighted by Gasteiger charge is -2.49. The van der Waals surface area contributed by atoms with Crippen LogP contribution >= 0.6 is 0 Å². The molecular weight excluding hydrogens is 242 g/mol. The summed E-state index contributed by atoms with van der Waals surface area (Å²) in [5, 5.41) is 13.0. The number of rotatable bonds is 5. The average molecular weight is 265 g/mol. The molecule has 1 aromatic heterocycles. The van der Waals surface area contributed by atoms with E-state index in [-0.39, 0.29) is 17.6 Å². The van der Waals surface area contributed by atoms with E-state index in [4.69, 9.17) is 4.74 Å². The number of aryl methyl sites for hydroxylation is 1. The number of anilines is 1. The zero-order chi connectivity index (χ0) is 14.0. The van der Waals surface area contributed by atoms with Crippen molar-refractivity contribution < 1.29 is 9.84 Å². The maximum absolute atomic E-state index is 9.74. The summed E-state index contributed by atoms with van der Waals surface area (Å²) in [6.45, 7) is 8.73. The van der Waals surface area contributed by atoms with Crippen molar-refractivity contribution >= 4 is 5.95 Å². The molecule has 2 atom stereocenters. The molecule has 0 amide bonds. The van der Waals surface area contributed by atoms with E-state index >= 15 is 0 Å². The molecule has 1 aliphatic rings. The molecule has 1 saturated carbocycles. The Labute approximate surface area is 114 Å². The van der Waals surface area contributed by atoms with Gasteiger partial charge in [-0.05, 0) is 19.8 Å². The molecule has 5 nitrogen and oxygen atoms in total. The summed E-state index contributed by atoms with van der Waals surface area (Å²) in [4.78, 5) is 8.73. The molecule has 0 aliphatic heterocycles. The normalized spacial score (nSPS) is 24.7. The zero-order valence-electron chi connectivity index (χ0n) is 12.1. The minimum atomic E-state index is -0.259. The van der Waals surface area contributed by atoms with Gasteiger partial charge in [0.2, 0.25) is 11.8 Å². The number of nitrogens with one attached hydrogen (secondary N) is 1. The summed E-state index contributed by atoms with van der Waals surface area (Å²) >= 11 is 0. The first kappa shape index (κ1) is 14.1. The highest BCUT2D eigenvalue weighted by atomic mass is 16.5. The van der Waals surface area contributed by atoms with Crippen LogP contribution in [-0.2, 0) is 0 Å². The number of aliphatic hydroxyl groups excluding tert-OH is 1. The van der Waals surface area contributed by atoms with Crippen LogP contribution in [0.5, 0.6) is 5.88 Å². The van der Waals surface area contributed by atoms with Crippen LogP contribution < -0.4 is 10.1 Å². The Morgan fingerprint density at radius 3 is 2.79 bits per heavy atom. The van der Waals surface area contributed by atoms with Crippen molar-refractivity contribution in [2.75, 3.05) is 11.9 Å². The summed E-state index contributed by atoms with van der Waals surface area (Å²) < 4.78 is 5.54. The molecule has 0 aromatic carbocycles. The van der Waals surface area contributed by atoms with Crippen LogP contribution in [0.1, 0.15) is 39.3 Å². The summed E-state index contributed by atoms with van der Waals surface area (Å²) in [5.74, 6) is 1.19. The van der Waals surface area contributed by atoms with E-state index in [0.717, 1.165) is 18.5 Å². The Hall–Kier alpha value is -1.36. The Morgan fingerprint density at radius 1 is 1.47 bits per heavy atom. The van der Waals surface area contributed by atoms with E-state index in [1.807, 2.05) is 26.8 Å². The molecule has 1 fully saturated rings. The monoisotopic (exact) mass is 265 g/mol. The van der Waals surface area contributed by atoms with Crippen LogP contribution in [0.4, 0.5) is 5.95 Å². The second-order valence-electron chi connectivity index (χ2n) is 5.79. The van der Waals surface area contributed by atoms with Gasteiger partial charge in [0, 0.05) is 23.2 Å². The second kappa shape index (κ2) is 5.33. The largest absolute Gasteiger partial charge is 0.478 e. The summed E-state index contributed by atoms with van der Waals surface area (Å²) in [6.07, 6.45) is 1.42. The fraction of sp³-hybridized carbons (Fsp3) is 0.714. The van der Waals surface area contributed by atoms with Gasteiger partial charge in [-0.2, -0.15) is 4.98 Å². The molecule has 2 unspecified atom stereocenters. The molecule has 0 bridgehead atoms. The van der Waals surface area contributed by atoms with E-state index in [1.54, 1.807) is 0 Å². The van der Waals surface area contributed by atoms with Gasteiger partial charge in [0.25, 0.3) is 0 Å². The summed E-state index contributed by atoms with van der Waals surface area (Å²) in [6, 6.07) is 2.03. The van der Waals surface area contributed by atoms with Gasteiger partial charge in [-0.15, -0.1) is 0 Å². The highest BCUT2D eigenvalue weighted by Gasteiger charge is 2.47. The molecule has 2 N–H and O–H groups in total. The smallest absolute Gasteiger partial charge is 0.226 e. The number of hydrogen-bond donors (Lipinski definition) is 2. The SMILES string of the molecule is CCCOc1cc(C)nc(NC2CC(O)C2(C)C)n1. The Bertz CT molecular complexity index is 448. The van der Waals surface area contributed by atoms with E-state index in [1.165, 1.54) is 0 Å². The Balaban J connectivity index is 2.06. The van der Waals surface area contributed by atoms with Gasteiger partial charge in [-0.3, -0.25) is 0 Å². The summed E-state index contributed by atoms with van der Waals surface area (Å²) in [7, 11) is 0. The van der Waals surface area contributed by atoms with E-state index in [9.17, 15) is 5.11 Å². The van der Waals surface area contributed by atoms with Gasteiger partial charge < -0.3 is 15.2 Å². The third kappa shape index (κ3) is 2.97. The molecule has 1 aromatic rings. The fourth-order valence-corrected chi connectivity index (χ4v) is 2.19. The topological polar surface area (TPSA) is 67.3 Å². The molecule has 0 radical (unpaired) electrons. The average Bonchev–Trinajstić information content (AvgIpc) is 2.35. The van der Waals surface area contributed by atoms with Gasteiger partial charge in [-0.25, -0.2) is 4.98 Å². The second-order valence-corrected chi connectivity index (χ2v) is 5.79. The first-order valence-electron chi connectivity index (χ1n) is 6.86. The van der Waals surface area contributed by atoms with Crippen molar-refractivity contribution in [2.45, 2.75) is 52.7 Å². The van der Waals surface area contributed by atoms with Gasteiger partial charge in [0.05, 0.1) is 12.7 Å². The number of aromatic nitrogens is 2. The van der Waals surface area contributed by atoms with Crippen molar-refractivity contribution in [2.24, 2.45) is 5.41 Å². The quantitative estimate of drug-likeness (QED) is 0.854. The maximum Gasteiger partial charge on any atom is 0.226 e. The third-order valence-electron chi connectivity index (χ3n) is 3.80. The Morgan fingerprint density at radius 2 is 2.21 bits per heavy atom. The van der Waals surface area contributed by atoms with Crippen molar-refractivity contribution in [3.8, 4) is 5.88 Å². The fourth-order valence-electron chi connectivity index (χ4n) is 2.19. The van der Waals surface area contributed by atoms with Gasteiger partial charge in [0.1, 0.15) is 0 Å². The van der Waals surface area contributed by atoms with Crippen LogP contribution in [-0.4, -0.2) is 33.8 Å².